The predicted molar refractivity (Wildman–Crippen MR) is 70.1 cm³/mol. The first-order chi connectivity index (χ1) is 8.10. The molecule has 1 aromatic rings. The molecule has 0 amide bonds. The fourth-order valence-electron chi connectivity index (χ4n) is 1.56. The van der Waals surface area contributed by atoms with E-state index in [9.17, 15) is 10.1 Å². The molecule has 0 saturated carbocycles. The summed E-state index contributed by atoms with van der Waals surface area (Å²) in [5, 5.41) is 19.5. The summed E-state index contributed by atoms with van der Waals surface area (Å²) in [5.74, 6) is 0.216. The van der Waals surface area contributed by atoms with Gasteiger partial charge in [-0.3, -0.25) is 10.1 Å². The number of hydrogen-bond donors (Lipinski definition) is 2. The standard InChI is InChI=1S/C11H16N2O4.ClH/c1-17-11-5-4-8(7-10(11)13(15)16)9(12)3-2-6-14;/h4-5,7,9,14H,2-3,6,12H2,1H3;1H/t9-;/m1./s1. The third-order valence-electron chi connectivity index (χ3n) is 2.50. The van der Waals surface area contributed by atoms with Crippen molar-refractivity contribution < 1.29 is 14.8 Å². The summed E-state index contributed by atoms with van der Waals surface area (Å²) >= 11 is 0. The van der Waals surface area contributed by atoms with Gasteiger partial charge in [0.05, 0.1) is 12.0 Å². The van der Waals surface area contributed by atoms with Gasteiger partial charge in [0.25, 0.3) is 0 Å². The molecule has 7 heteroatoms. The second-order valence-corrected chi connectivity index (χ2v) is 3.66. The molecule has 18 heavy (non-hydrogen) atoms. The van der Waals surface area contributed by atoms with Crippen LogP contribution in [0.4, 0.5) is 5.69 Å². The number of halogens is 1. The van der Waals surface area contributed by atoms with E-state index in [0.717, 1.165) is 0 Å². The van der Waals surface area contributed by atoms with Crippen molar-refractivity contribution in [3.8, 4) is 5.75 Å². The molecule has 0 aliphatic rings. The minimum absolute atomic E-state index is 0. The summed E-state index contributed by atoms with van der Waals surface area (Å²) in [7, 11) is 1.38. The number of ether oxygens (including phenoxy) is 1. The highest BCUT2D eigenvalue weighted by Gasteiger charge is 2.17. The number of nitro benzene ring substituents is 1. The molecule has 1 rings (SSSR count). The summed E-state index contributed by atoms with van der Waals surface area (Å²) in [6.45, 7) is 0.0615. The Morgan fingerprint density at radius 3 is 2.72 bits per heavy atom. The number of aliphatic hydroxyl groups is 1. The number of nitro groups is 1. The lowest BCUT2D eigenvalue weighted by Gasteiger charge is -2.11. The van der Waals surface area contributed by atoms with E-state index in [1.165, 1.54) is 19.2 Å². The molecule has 1 aromatic carbocycles. The van der Waals surface area contributed by atoms with Crippen LogP contribution in [0.3, 0.4) is 0 Å². The molecule has 0 aromatic heterocycles. The fraction of sp³-hybridized carbons (Fsp3) is 0.455. The van der Waals surface area contributed by atoms with E-state index >= 15 is 0 Å². The van der Waals surface area contributed by atoms with E-state index in [4.69, 9.17) is 15.6 Å². The van der Waals surface area contributed by atoms with Crippen LogP contribution in [0.2, 0.25) is 0 Å². The second-order valence-electron chi connectivity index (χ2n) is 3.66. The van der Waals surface area contributed by atoms with Gasteiger partial charge in [-0.2, -0.15) is 0 Å². The van der Waals surface area contributed by atoms with Crippen molar-refractivity contribution in [3.05, 3.63) is 33.9 Å². The van der Waals surface area contributed by atoms with Crippen LogP contribution in [-0.2, 0) is 0 Å². The van der Waals surface area contributed by atoms with Gasteiger partial charge in [-0.15, -0.1) is 12.4 Å². The van der Waals surface area contributed by atoms with Crippen LogP contribution in [0.15, 0.2) is 18.2 Å². The van der Waals surface area contributed by atoms with Gasteiger partial charge in [-0.1, -0.05) is 6.07 Å². The van der Waals surface area contributed by atoms with Crippen LogP contribution in [0.25, 0.3) is 0 Å². The van der Waals surface area contributed by atoms with Crippen LogP contribution in [0.5, 0.6) is 5.75 Å². The Bertz CT molecular complexity index is 401. The normalized spacial score (nSPS) is 11.5. The van der Waals surface area contributed by atoms with E-state index in [1.54, 1.807) is 6.07 Å². The number of nitrogens with zero attached hydrogens (tertiary/aromatic N) is 1. The quantitative estimate of drug-likeness (QED) is 0.610. The minimum atomic E-state index is -0.499. The van der Waals surface area contributed by atoms with Crippen LogP contribution < -0.4 is 10.5 Å². The SMILES string of the molecule is COc1ccc([C@H](N)CCCO)cc1[N+](=O)[O-].Cl. The van der Waals surface area contributed by atoms with Gasteiger partial charge in [-0.05, 0) is 24.5 Å². The number of hydrogen-bond acceptors (Lipinski definition) is 5. The highest BCUT2D eigenvalue weighted by molar-refractivity contribution is 5.85. The zero-order chi connectivity index (χ0) is 12.8. The summed E-state index contributed by atoms with van der Waals surface area (Å²) in [6.07, 6.45) is 1.15. The number of nitrogens with two attached hydrogens (primary N) is 1. The average Bonchev–Trinajstić information content (AvgIpc) is 2.34. The Morgan fingerprint density at radius 1 is 1.56 bits per heavy atom. The van der Waals surface area contributed by atoms with Crippen molar-refractivity contribution in [1.29, 1.82) is 0 Å². The second kappa shape index (κ2) is 7.86. The summed E-state index contributed by atoms with van der Waals surface area (Å²) in [5.41, 5.74) is 6.45. The molecule has 0 fully saturated rings. The molecule has 0 spiro atoms. The number of aliphatic hydroxyl groups excluding tert-OH is 1. The van der Waals surface area contributed by atoms with Crippen molar-refractivity contribution in [2.75, 3.05) is 13.7 Å². The Morgan fingerprint density at radius 2 is 2.22 bits per heavy atom. The third kappa shape index (κ3) is 4.14. The molecule has 6 nitrogen and oxygen atoms in total. The van der Waals surface area contributed by atoms with E-state index in [2.05, 4.69) is 0 Å². The smallest absolute Gasteiger partial charge is 0.311 e. The number of rotatable bonds is 6. The Kier molecular flexibility index (Phi) is 7.26. The van der Waals surface area contributed by atoms with Crippen molar-refractivity contribution in [1.82, 2.24) is 0 Å². The molecule has 0 radical (unpaired) electrons. The van der Waals surface area contributed by atoms with Gasteiger partial charge in [0.15, 0.2) is 5.75 Å². The molecular formula is C11H17ClN2O4. The molecule has 0 heterocycles. The molecular weight excluding hydrogens is 260 g/mol. The van der Waals surface area contributed by atoms with Gasteiger partial charge >= 0.3 is 5.69 Å². The third-order valence-corrected chi connectivity index (χ3v) is 2.50. The highest BCUT2D eigenvalue weighted by atomic mass is 35.5. The zero-order valence-corrected chi connectivity index (χ0v) is 10.9. The lowest BCUT2D eigenvalue weighted by molar-refractivity contribution is -0.385. The van der Waals surface area contributed by atoms with Gasteiger partial charge in [-0.25, -0.2) is 0 Å². The molecule has 0 aliphatic heterocycles. The van der Waals surface area contributed by atoms with Crippen molar-refractivity contribution >= 4 is 18.1 Å². The van der Waals surface area contributed by atoms with Gasteiger partial charge in [0, 0.05) is 18.7 Å². The van der Waals surface area contributed by atoms with Gasteiger partial charge in [0.1, 0.15) is 0 Å². The first kappa shape index (κ1) is 16.6. The molecule has 1 atom stereocenters. The zero-order valence-electron chi connectivity index (χ0n) is 10.0. The predicted octanol–water partition coefficient (Wildman–Crippen LogP) is 1.80. The lowest BCUT2D eigenvalue weighted by Crippen LogP contribution is -2.11. The van der Waals surface area contributed by atoms with E-state index < -0.39 is 4.92 Å². The minimum Gasteiger partial charge on any atom is -0.490 e. The first-order valence-corrected chi connectivity index (χ1v) is 5.29. The summed E-state index contributed by atoms with van der Waals surface area (Å²) < 4.78 is 4.90. The maximum Gasteiger partial charge on any atom is 0.311 e. The van der Waals surface area contributed by atoms with Crippen LogP contribution >= 0.6 is 12.4 Å². The molecule has 0 bridgehead atoms. The van der Waals surface area contributed by atoms with Crippen molar-refractivity contribution in [2.45, 2.75) is 18.9 Å². The lowest BCUT2D eigenvalue weighted by atomic mass is 10.0. The highest BCUT2D eigenvalue weighted by Crippen LogP contribution is 2.30. The molecule has 0 aliphatic carbocycles. The number of benzene rings is 1. The molecule has 0 unspecified atom stereocenters. The maximum atomic E-state index is 10.8. The van der Waals surface area contributed by atoms with Gasteiger partial charge in [0.2, 0.25) is 0 Å². The van der Waals surface area contributed by atoms with Crippen molar-refractivity contribution in [3.63, 3.8) is 0 Å². The Labute approximate surface area is 111 Å². The largest absolute Gasteiger partial charge is 0.490 e. The Hall–Kier alpha value is -1.37. The first-order valence-electron chi connectivity index (χ1n) is 5.29. The average molecular weight is 277 g/mol. The topological polar surface area (TPSA) is 98.6 Å². The monoisotopic (exact) mass is 276 g/mol. The molecule has 3 N–H and O–H groups in total. The number of methoxy groups -OCH3 is 1. The maximum absolute atomic E-state index is 10.8. The van der Waals surface area contributed by atoms with E-state index in [0.29, 0.717) is 18.4 Å². The van der Waals surface area contributed by atoms with Gasteiger partial charge < -0.3 is 15.6 Å². The van der Waals surface area contributed by atoms with Crippen LogP contribution in [0, 0.1) is 10.1 Å². The molecule has 0 saturated heterocycles. The fourth-order valence-corrected chi connectivity index (χ4v) is 1.56. The molecule has 102 valence electrons. The van der Waals surface area contributed by atoms with Crippen molar-refractivity contribution in [2.24, 2.45) is 5.73 Å². The Balaban J connectivity index is 0.00000289. The van der Waals surface area contributed by atoms with Crippen LogP contribution in [-0.4, -0.2) is 23.7 Å². The summed E-state index contributed by atoms with van der Waals surface area (Å²) in [6, 6.07) is 4.34. The van der Waals surface area contributed by atoms with E-state index in [-0.39, 0.29) is 36.5 Å². The van der Waals surface area contributed by atoms with E-state index in [1.807, 2.05) is 0 Å². The van der Waals surface area contributed by atoms with Crippen LogP contribution in [0.1, 0.15) is 24.4 Å². The summed E-state index contributed by atoms with van der Waals surface area (Å²) in [4.78, 5) is 10.3.